The summed E-state index contributed by atoms with van der Waals surface area (Å²) >= 11 is 1.66. The van der Waals surface area contributed by atoms with Gasteiger partial charge in [0.1, 0.15) is 0 Å². The Labute approximate surface area is 166 Å². The van der Waals surface area contributed by atoms with E-state index in [9.17, 15) is 4.79 Å². The summed E-state index contributed by atoms with van der Waals surface area (Å²) in [6, 6.07) is 15.2. The van der Waals surface area contributed by atoms with E-state index in [0.29, 0.717) is 12.3 Å². The summed E-state index contributed by atoms with van der Waals surface area (Å²) < 4.78 is 0. The Kier molecular flexibility index (Phi) is 5.72. The Morgan fingerprint density at radius 3 is 2.67 bits per heavy atom. The number of benzene rings is 2. The highest BCUT2D eigenvalue weighted by Gasteiger charge is 2.18. The van der Waals surface area contributed by atoms with Crippen molar-refractivity contribution in [2.45, 2.75) is 43.5 Å². The zero-order chi connectivity index (χ0) is 18.6. The van der Waals surface area contributed by atoms with Crippen molar-refractivity contribution in [3.63, 3.8) is 0 Å². The molecule has 0 N–H and O–H groups in total. The lowest BCUT2D eigenvalue weighted by atomic mass is 10.1. The van der Waals surface area contributed by atoms with Gasteiger partial charge in [-0.3, -0.25) is 4.79 Å². The Morgan fingerprint density at radius 2 is 1.81 bits per heavy atom. The molecule has 3 nitrogen and oxygen atoms in total. The highest BCUT2D eigenvalue weighted by atomic mass is 32.2. The van der Waals surface area contributed by atoms with Gasteiger partial charge in [-0.1, -0.05) is 24.3 Å². The number of rotatable bonds is 6. The van der Waals surface area contributed by atoms with Crippen LogP contribution in [0.1, 0.15) is 36.0 Å². The number of anilines is 1. The van der Waals surface area contributed by atoms with Crippen LogP contribution < -0.4 is 4.90 Å². The number of amides is 1. The van der Waals surface area contributed by atoms with Crippen LogP contribution in [0.25, 0.3) is 0 Å². The van der Waals surface area contributed by atoms with E-state index in [4.69, 9.17) is 0 Å². The number of fused-ring (bicyclic) bond motifs is 1. The molecule has 0 unspecified atom stereocenters. The van der Waals surface area contributed by atoms with E-state index in [1.54, 1.807) is 11.8 Å². The van der Waals surface area contributed by atoms with E-state index in [-0.39, 0.29) is 5.91 Å². The second-order valence-corrected chi connectivity index (χ2v) is 8.69. The third kappa shape index (κ3) is 4.32. The number of carbonyl (C=O) groups excluding carboxylic acids is 1. The molecule has 0 aromatic heterocycles. The fourth-order valence-electron chi connectivity index (χ4n) is 4.15. The summed E-state index contributed by atoms with van der Waals surface area (Å²) in [5.74, 6) is 0.693. The van der Waals surface area contributed by atoms with Gasteiger partial charge in [-0.25, -0.2) is 0 Å². The van der Waals surface area contributed by atoms with Crippen LogP contribution in [0.4, 0.5) is 5.69 Å². The molecule has 1 saturated heterocycles. The Balaban J connectivity index is 1.36. The molecule has 1 aliphatic heterocycles. The summed E-state index contributed by atoms with van der Waals surface area (Å²) in [6.07, 6.45) is 6.19. The third-order valence-electron chi connectivity index (χ3n) is 5.70. The SMILES string of the molecule is CN(Cc1ccccc1N1CCCC1)C(=O)CSc1ccc2c(c1)CCC2. The number of hydrogen-bond donors (Lipinski definition) is 0. The predicted octanol–water partition coefficient (Wildman–Crippen LogP) is 4.53. The lowest BCUT2D eigenvalue weighted by Gasteiger charge is -2.24. The van der Waals surface area contributed by atoms with E-state index in [2.05, 4.69) is 47.4 Å². The van der Waals surface area contributed by atoms with Gasteiger partial charge in [0.25, 0.3) is 0 Å². The molecule has 1 fully saturated rings. The van der Waals surface area contributed by atoms with Gasteiger partial charge in [-0.2, -0.15) is 0 Å². The molecule has 142 valence electrons. The number of thioether (sulfide) groups is 1. The van der Waals surface area contributed by atoms with Crippen molar-refractivity contribution in [3.8, 4) is 0 Å². The van der Waals surface area contributed by atoms with Crippen molar-refractivity contribution in [1.82, 2.24) is 4.90 Å². The van der Waals surface area contributed by atoms with Crippen LogP contribution in [0.15, 0.2) is 47.4 Å². The Morgan fingerprint density at radius 1 is 1.04 bits per heavy atom. The van der Waals surface area contributed by atoms with Crippen molar-refractivity contribution in [2.24, 2.45) is 0 Å². The van der Waals surface area contributed by atoms with Crippen molar-refractivity contribution < 1.29 is 4.79 Å². The third-order valence-corrected chi connectivity index (χ3v) is 6.68. The van der Waals surface area contributed by atoms with Crippen molar-refractivity contribution in [1.29, 1.82) is 0 Å². The average molecular weight is 381 g/mol. The van der Waals surface area contributed by atoms with Crippen molar-refractivity contribution >= 4 is 23.4 Å². The van der Waals surface area contributed by atoms with Gasteiger partial charge in [-0.15, -0.1) is 11.8 Å². The fourth-order valence-corrected chi connectivity index (χ4v) is 5.05. The maximum Gasteiger partial charge on any atom is 0.232 e. The van der Waals surface area contributed by atoms with E-state index in [1.165, 1.54) is 59.4 Å². The van der Waals surface area contributed by atoms with E-state index in [1.807, 2.05) is 11.9 Å². The molecule has 0 atom stereocenters. The zero-order valence-corrected chi connectivity index (χ0v) is 16.9. The second-order valence-electron chi connectivity index (χ2n) is 7.65. The Hall–Kier alpha value is -1.94. The second kappa shape index (κ2) is 8.39. The van der Waals surface area contributed by atoms with Crippen LogP contribution in [-0.4, -0.2) is 36.7 Å². The molecule has 2 aromatic rings. The summed E-state index contributed by atoms with van der Waals surface area (Å²) in [4.78, 5) is 18.2. The number of nitrogens with zero attached hydrogens (tertiary/aromatic N) is 2. The normalized spacial score (nSPS) is 15.8. The van der Waals surface area contributed by atoms with Gasteiger partial charge >= 0.3 is 0 Å². The van der Waals surface area contributed by atoms with Crippen LogP contribution in [-0.2, 0) is 24.2 Å². The molecule has 4 heteroatoms. The highest BCUT2D eigenvalue weighted by Crippen LogP contribution is 2.28. The fraction of sp³-hybridized carbons (Fsp3) is 0.435. The first-order valence-corrected chi connectivity index (χ1v) is 11.0. The van der Waals surface area contributed by atoms with Gasteiger partial charge in [0.2, 0.25) is 5.91 Å². The van der Waals surface area contributed by atoms with Gasteiger partial charge in [0, 0.05) is 37.3 Å². The van der Waals surface area contributed by atoms with Crippen molar-refractivity contribution in [3.05, 3.63) is 59.2 Å². The molecule has 0 saturated carbocycles. The molecular weight excluding hydrogens is 352 g/mol. The maximum absolute atomic E-state index is 12.7. The Bertz CT molecular complexity index is 814. The minimum atomic E-state index is 0.191. The lowest BCUT2D eigenvalue weighted by molar-refractivity contribution is -0.127. The zero-order valence-electron chi connectivity index (χ0n) is 16.1. The van der Waals surface area contributed by atoms with Gasteiger partial charge < -0.3 is 9.80 Å². The van der Waals surface area contributed by atoms with Crippen LogP contribution in [0.3, 0.4) is 0 Å². The topological polar surface area (TPSA) is 23.6 Å². The number of carbonyl (C=O) groups is 1. The smallest absolute Gasteiger partial charge is 0.232 e. The quantitative estimate of drug-likeness (QED) is 0.688. The molecule has 27 heavy (non-hydrogen) atoms. The minimum absolute atomic E-state index is 0.191. The summed E-state index contributed by atoms with van der Waals surface area (Å²) in [7, 11) is 1.92. The number of hydrogen-bond acceptors (Lipinski definition) is 3. The molecule has 0 spiro atoms. The molecule has 2 aliphatic rings. The van der Waals surface area contributed by atoms with Gasteiger partial charge in [-0.05, 0) is 67.0 Å². The number of para-hydroxylation sites is 1. The standard InChI is InChI=1S/C23H28N2OS/c1-24(16-20-7-2-3-10-22(20)25-13-4-5-14-25)23(26)17-27-21-12-11-18-8-6-9-19(18)15-21/h2-3,7,10-12,15H,4-6,8-9,13-14,16-17H2,1H3. The molecule has 4 rings (SSSR count). The molecule has 0 radical (unpaired) electrons. The maximum atomic E-state index is 12.7. The van der Waals surface area contributed by atoms with Crippen LogP contribution >= 0.6 is 11.8 Å². The minimum Gasteiger partial charge on any atom is -0.371 e. The summed E-state index contributed by atoms with van der Waals surface area (Å²) in [6.45, 7) is 2.93. The van der Waals surface area contributed by atoms with Gasteiger partial charge in [0.15, 0.2) is 0 Å². The number of aryl methyl sites for hydroxylation is 2. The predicted molar refractivity (Wildman–Crippen MR) is 114 cm³/mol. The first-order valence-electron chi connectivity index (χ1n) is 10.0. The van der Waals surface area contributed by atoms with E-state index in [0.717, 1.165) is 13.1 Å². The van der Waals surface area contributed by atoms with Crippen LogP contribution in [0.5, 0.6) is 0 Å². The molecule has 0 bridgehead atoms. The average Bonchev–Trinajstić information content (AvgIpc) is 3.37. The van der Waals surface area contributed by atoms with Gasteiger partial charge in [0.05, 0.1) is 5.75 Å². The highest BCUT2D eigenvalue weighted by molar-refractivity contribution is 8.00. The first kappa shape index (κ1) is 18.4. The van der Waals surface area contributed by atoms with Crippen molar-refractivity contribution in [2.75, 3.05) is 30.8 Å². The first-order chi connectivity index (χ1) is 13.2. The summed E-state index contributed by atoms with van der Waals surface area (Å²) in [5.41, 5.74) is 5.50. The molecule has 1 heterocycles. The monoisotopic (exact) mass is 380 g/mol. The molecular formula is C23H28N2OS. The molecule has 1 aliphatic carbocycles. The van der Waals surface area contributed by atoms with E-state index >= 15 is 0 Å². The molecule has 1 amide bonds. The molecule has 2 aromatic carbocycles. The van der Waals surface area contributed by atoms with E-state index < -0.39 is 0 Å². The van der Waals surface area contributed by atoms with Crippen LogP contribution in [0, 0.1) is 0 Å². The summed E-state index contributed by atoms with van der Waals surface area (Å²) in [5, 5.41) is 0. The van der Waals surface area contributed by atoms with Crippen LogP contribution in [0.2, 0.25) is 0 Å². The lowest BCUT2D eigenvalue weighted by Crippen LogP contribution is -2.29. The largest absolute Gasteiger partial charge is 0.371 e.